The van der Waals surface area contributed by atoms with E-state index in [9.17, 15) is 14.9 Å². The van der Waals surface area contributed by atoms with E-state index in [1.54, 1.807) is 13.2 Å². The van der Waals surface area contributed by atoms with Gasteiger partial charge < -0.3 is 20.1 Å². The lowest BCUT2D eigenvalue weighted by molar-refractivity contribution is -0.385. The Kier molecular flexibility index (Phi) is 7.13. The molecule has 21 heavy (non-hydrogen) atoms. The Bertz CT molecular complexity index is 493. The Morgan fingerprint density at radius 1 is 1.38 bits per heavy atom. The summed E-state index contributed by atoms with van der Waals surface area (Å²) in [5.41, 5.74) is 0.605. The second-order valence-corrected chi connectivity index (χ2v) is 4.21. The van der Waals surface area contributed by atoms with E-state index < -0.39 is 4.92 Å². The first-order valence-corrected chi connectivity index (χ1v) is 6.36. The summed E-state index contributed by atoms with van der Waals surface area (Å²) in [4.78, 5) is 21.8. The van der Waals surface area contributed by atoms with Crippen LogP contribution in [0.4, 0.5) is 5.69 Å². The molecule has 8 heteroatoms. The molecule has 0 fully saturated rings. The number of nitrogens with zero attached hydrogens (tertiary/aromatic N) is 1. The zero-order valence-corrected chi connectivity index (χ0v) is 12.0. The minimum atomic E-state index is -0.500. The molecule has 0 saturated heterocycles. The highest BCUT2D eigenvalue weighted by atomic mass is 16.6. The van der Waals surface area contributed by atoms with E-state index in [0.29, 0.717) is 25.3 Å². The van der Waals surface area contributed by atoms with E-state index in [2.05, 4.69) is 10.6 Å². The lowest BCUT2D eigenvalue weighted by atomic mass is 10.2. The average Bonchev–Trinajstić information content (AvgIpc) is 2.47. The number of rotatable bonds is 9. The molecule has 0 spiro atoms. The van der Waals surface area contributed by atoms with Gasteiger partial charge in [0.25, 0.3) is 0 Å². The summed E-state index contributed by atoms with van der Waals surface area (Å²) in [6.45, 7) is 1.38. The molecule has 116 valence electrons. The van der Waals surface area contributed by atoms with Crippen molar-refractivity contribution in [2.45, 2.75) is 6.54 Å². The van der Waals surface area contributed by atoms with Crippen LogP contribution < -0.4 is 15.4 Å². The fourth-order valence-electron chi connectivity index (χ4n) is 1.66. The van der Waals surface area contributed by atoms with Gasteiger partial charge in [-0.25, -0.2) is 0 Å². The Hall–Kier alpha value is -2.19. The van der Waals surface area contributed by atoms with Crippen molar-refractivity contribution in [2.75, 3.05) is 33.9 Å². The highest BCUT2D eigenvalue weighted by Gasteiger charge is 2.14. The van der Waals surface area contributed by atoms with Gasteiger partial charge in [0.05, 0.1) is 25.2 Å². The SMILES string of the molecule is COCCNC(=O)CNCc1ccc(OC)c([N+](=O)[O-])c1. The van der Waals surface area contributed by atoms with Gasteiger partial charge in [0, 0.05) is 26.3 Å². The molecule has 8 nitrogen and oxygen atoms in total. The minimum absolute atomic E-state index is 0.0960. The van der Waals surface area contributed by atoms with Gasteiger partial charge in [-0.1, -0.05) is 6.07 Å². The van der Waals surface area contributed by atoms with Gasteiger partial charge in [-0.3, -0.25) is 14.9 Å². The molecule has 0 heterocycles. The number of nitrogens with one attached hydrogen (secondary N) is 2. The Morgan fingerprint density at radius 2 is 2.14 bits per heavy atom. The van der Waals surface area contributed by atoms with Crippen molar-refractivity contribution in [1.29, 1.82) is 0 Å². The average molecular weight is 297 g/mol. The first-order valence-electron chi connectivity index (χ1n) is 6.36. The topological polar surface area (TPSA) is 103 Å². The zero-order valence-electron chi connectivity index (χ0n) is 12.0. The predicted molar refractivity (Wildman–Crippen MR) is 76.2 cm³/mol. The fourth-order valence-corrected chi connectivity index (χ4v) is 1.66. The monoisotopic (exact) mass is 297 g/mol. The van der Waals surface area contributed by atoms with Crippen molar-refractivity contribution in [3.63, 3.8) is 0 Å². The highest BCUT2D eigenvalue weighted by Crippen LogP contribution is 2.27. The van der Waals surface area contributed by atoms with E-state index in [1.807, 2.05) is 0 Å². The second-order valence-electron chi connectivity index (χ2n) is 4.21. The molecule has 0 aliphatic heterocycles. The summed E-state index contributed by atoms with van der Waals surface area (Å²) in [5, 5.41) is 16.5. The van der Waals surface area contributed by atoms with Gasteiger partial charge in [-0.05, 0) is 11.6 Å². The number of hydrogen-bond acceptors (Lipinski definition) is 6. The number of amides is 1. The molecule has 0 aromatic heterocycles. The van der Waals surface area contributed by atoms with E-state index in [0.717, 1.165) is 0 Å². The highest BCUT2D eigenvalue weighted by molar-refractivity contribution is 5.77. The van der Waals surface area contributed by atoms with Crippen molar-refractivity contribution in [3.05, 3.63) is 33.9 Å². The number of methoxy groups -OCH3 is 2. The van der Waals surface area contributed by atoms with E-state index in [1.165, 1.54) is 19.2 Å². The molecule has 2 N–H and O–H groups in total. The smallest absolute Gasteiger partial charge is 0.311 e. The molecule has 0 unspecified atom stereocenters. The van der Waals surface area contributed by atoms with Crippen LogP contribution in [-0.2, 0) is 16.1 Å². The number of carbonyl (C=O) groups excluding carboxylic acids is 1. The van der Waals surface area contributed by atoms with Gasteiger partial charge in [-0.15, -0.1) is 0 Å². The summed E-state index contributed by atoms with van der Waals surface area (Å²) in [7, 11) is 2.94. The van der Waals surface area contributed by atoms with Crippen molar-refractivity contribution in [2.24, 2.45) is 0 Å². The third-order valence-corrected chi connectivity index (χ3v) is 2.68. The maximum absolute atomic E-state index is 11.4. The fraction of sp³-hybridized carbons (Fsp3) is 0.462. The Labute approximate surface area is 122 Å². The molecule has 0 radical (unpaired) electrons. The van der Waals surface area contributed by atoms with Gasteiger partial charge in [-0.2, -0.15) is 0 Å². The molecule has 1 rings (SSSR count). The first kappa shape index (κ1) is 16.9. The molecule has 0 saturated carbocycles. The molecular formula is C13H19N3O5. The number of nitro groups is 1. The van der Waals surface area contributed by atoms with Crippen molar-refractivity contribution in [3.8, 4) is 5.75 Å². The number of benzene rings is 1. The quantitative estimate of drug-likeness (QED) is 0.390. The van der Waals surface area contributed by atoms with Crippen molar-refractivity contribution >= 4 is 11.6 Å². The Morgan fingerprint density at radius 3 is 2.76 bits per heavy atom. The third-order valence-electron chi connectivity index (χ3n) is 2.68. The third kappa shape index (κ3) is 5.76. The molecule has 1 amide bonds. The van der Waals surface area contributed by atoms with Gasteiger partial charge in [0.15, 0.2) is 5.75 Å². The maximum Gasteiger partial charge on any atom is 0.311 e. The summed E-state index contributed by atoms with van der Waals surface area (Å²) >= 11 is 0. The number of carbonyl (C=O) groups is 1. The molecular weight excluding hydrogens is 278 g/mol. The molecule has 0 bridgehead atoms. The van der Waals surface area contributed by atoms with Crippen LogP contribution in [0.1, 0.15) is 5.56 Å². The number of hydrogen-bond donors (Lipinski definition) is 2. The lowest BCUT2D eigenvalue weighted by Crippen LogP contribution is -2.35. The van der Waals surface area contributed by atoms with Crippen LogP contribution in [-0.4, -0.2) is 44.7 Å². The molecule has 0 aliphatic rings. The van der Waals surface area contributed by atoms with E-state index >= 15 is 0 Å². The summed E-state index contributed by atoms with van der Waals surface area (Å²) in [6, 6.07) is 4.67. The van der Waals surface area contributed by atoms with Crippen molar-refractivity contribution < 1.29 is 19.2 Å². The normalized spacial score (nSPS) is 10.2. The first-order chi connectivity index (χ1) is 10.1. The van der Waals surface area contributed by atoms with Crippen LogP contribution in [0.2, 0.25) is 0 Å². The van der Waals surface area contributed by atoms with Crippen LogP contribution in [0, 0.1) is 10.1 Å². The zero-order chi connectivity index (χ0) is 15.7. The van der Waals surface area contributed by atoms with Crippen molar-refractivity contribution in [1.82, 2.24) is 10.6 Å². The standard InChI is InChI=1S/C13H19N3O5/c1-20-6-5-15-13(17)9-14-8-10-3-4-12(21-2)11(7-10)16(18)19/h3-4,7,14H,5-6,8-9H2,1-2H3,(H,15,17). The second kappa shape index (κ2) is 8.88. The van der Waals surface area contributed by atoms with E-state index in [-0.39, 0.29) is 23.9 Å². The van der Waals surface area contributed by atoms with Gasteiger partial charge >= 0.3 is 5.69 Å². The maximum atomic E-state index is 11.4. The lowest BCUT2D eigenvalue weighted by Gasteiger charge is -2.07. The number of nitro benzene ring substituents is 1. The van der Waals surface area contributed by atoms with Crippen LogP contribution >= 0.6 is 0 Å². The largest absolute Gasteiger partial charge is 0.490 e. The number of ether oxygens (including phenoxy) is 2. The van der Waals surface area contributed by atoms with Gasteiger partial charge in [0.2, 0.25) is 5.91 Å². The molecule has 1 aromatic carbocycles. The van der Waals surface area contributed by atoms with Crippen LogP contribution in [0.25, 0.3) is 0 Å². The summed E-state index contributed by atoms with van der Waals surface area (Å²) in [5.74, 6) is 0.0520. The minimum Gasteiger partial charge on any atom is -0.490 e. The van der Waals surface area contributed by atoms with Crippen LogP contribution in [0.15, 0.2) is 18.2 Å². The molecule has 0 aliphatic carbocycles. The molecule has 1 aromatic rings. The summed E-state index contributed by atoms with van der Waals surface area (Å²) < 4.78 is 9.73. The van der Waals surface area contributed by atoms with Gasteiger partial charge in [0.1, 0.15) is 0 Å². The van der Waals surface area contributed by atoms with Crippen LogP contribution in [0.3, 0.4) is 0 Å². The Balaban J connectivity index is 2.47. The molecule has 0 atom stereocenters. The summed E-state index contributed by atoms with van der Waals surface area (Å²) in [6.07, 6.45) is 0. The van der Waals surface area contributed by atoms with E-state index in [4.69, 9.17) is 9.47 Å². The predicted octanol–water partition coefficient (Wildman–Crippen LogP) is 0.456. The van der Waals surface area contributed by atoms with Crippen LogP contribution in [0.5, 0.6) is 5.75 Å².